The number of amides is 1. The van der Waals surface area contributed by atoms with E-state index < -0.39 is 5.97 Å². The SMILES string of the molecule is COC(=O)c1cccc(OCC(=O)N[C@H](C)c2ccc3ccccc3c2)c1. The molecule has 0 saturated heterocycles. The van der Waals surface area contributed by atoms with E-state index in [0.717, 1.165) is 16.3 Å². The molecule has 0 bridgehead atoms. The number of rotatable bonds is 6. The largest absolute Gasteiger partial charge is 0.484 e. The summed E-state index contributed by atoms with van der Waals surface area (Å²) in [5, 5.41) is 5.22. The molecular formula is C22H21NO4. The first-order valence-electron chi connectivity index (χ1n) is 8.66. The molecule has 1 amide bonds. The van der Waals surface area contributed by atoms with Crippen molar-refractivity contribution in [2.45, 2.75) is 13.0 Å². The van der Waals surface area contributed by atoms with E-state index in [1.807, 2.05) is 37.3 Å². The molecule has 3 aromatic carbocycles. The molecule has 0 aromatic heterocycles. The Morgan fingerprint density at radius 2 is 1.74 bits per heavy atom. The Morgan fingerprint density at radius 3 is 2.52 bits per heavy atom. The Hall–Kier alpha value is -3.34. The molecule has 0 spiro atoms. The van der Waals surface area contributed by atoms with Crippen molar-refractivity contribution in [1.29, 1.82) is 0 Å². The summed E-state index contributed by atoms with van der Waals surface area (Å²) >= 11 is 0. The highest BCUT2D eigenvalue weighted by atomic mass is 16.5. The second-order valence-electron chi connectivity index (χ2n) is 6.20. The third-order valence-corrected chi connectivity index (χ3v) is 4.28. The summed E-state index contributed by atoms with van der Waals surface area (Å²) in [4.78, 5) is 23.8. The molecular weight excluding hydrogens is 342 g/mol. The monoisotopic (exact) mass is 363 g/mol. The van der Waals surface area contributed by atoms with Crippen LogP contribution >= 0.6 is 0 Å². The lowest BCUT2D eigenvalue weighted by Crippen LogP contribution is -2.31. The fourth-order valence-corrected chi connectivity index (χ4v) is 2.82. The molecule has 3 aromatic rings. The van der Waals surface area contributed by atoms with Gasteiger partial charge in [0.05, 0.1) is 18.7 Å². The van der Waals surface area contributed by atoms with Crippen molar-refractivity contribution in [3.63, 3.8) is 0 Å². The van der Waals surface area contributed by atoms with Crippen LogP contribution in [-0.2, 0) is 9.53 Å². The lowest BCUT2D eigenvalue weighted by atomic mass is 10.0. The maximum Gasteiger partial charge on any atom is 0.337 e. The maximum absolute atomic E-state index is 12.2. The van der Waals surface area contributed by atoms with Crippen LogP contribution in [0.25, 0.3) is 10.8 Å². The second kappa shape index (κ2) is 8.36. The van der Waals surface area contributed by atoms with Crippen molar-refractivity contribution in [3.05, 3.63) is 77.9 Å². The number of fused-ring (bicyclic) bond motifs is 1. The van der Waals surface area contributed by atoms with Crippen molar-refractivity contribution in [3.8, 4) is 5.75 Å². The summed E-state index contributed by atoms with van der Waals surface area (Å²) in [6.45, 7) is 1.79. The molecule has 0 aliphatic carbocycles. The van der Waals surface area contributed by atoms with E-state index in [-0.39, 0.29) is 18.6 Å². The van der Waals surface area contributed by atoms with E-state index in [2.05, 4.69) is 22.2 Å². The van der Waals surface area contributed by atoms with Gasteiger partial charge in [-0.3, -0.25) is 4.79 Å². The van der Waals surface area contributed by atoms with Crippen LogP contribution in [0.3, 0.4) is 0 Å². The summed E-state index contributed by atoms with van der Waals surface area (Å²) in [6, 6.07) is 20.6. The molecule has 1 N–H and O–H groups in total. The number of esters is 1. The first kappa shape index (κ1) is 18.5. The first-order chi connectivity index (χ1) is 13.1. The minimum absolute atomic E-state index is 0.136. The molecule has 0 fully saturated rings. The molecule has 0 radical (unpaired) electrons. The van der Waals surface area contributed by atoms with Crippen molar-refractivity contribution >= 4 is 22.6 Å². The minimum Gasteiger partial charge on any atom is -0.484 e. The number of hydrogen-bond acceptors (Lipinski definition) is 4. The van der Waals surface area contributed by atoms with Gasteiger partial charge in [-0.2, -0.15) is 0 Å². The van der Waals surface area contributed by atoms with Crippen molar-refractivity contribution < 1.29 is 19.1 Å². The van der Waals surface area contributed by atoms with Gasteiger partial charge in [-0.05, 0) is 47.5 Å². The van der Waals surface area contributed by atoms with E-state index in [1.165, 1.54) is 7.11 Å². The van der Waals surface area contributed by atoms with E-state index in [4.69, 9.17) is 4.74 Å². The van der Waals surface area contributed by atoms with Gasteiger partial charge in [-0.15, -0.1) is 0 Å². The summed E-state index contributed by atoms with van der Waals surface area (Å²) in [7, 11) is 1.32. The van der Waals surface area contributed by atoms with Crippen LogP contribution < -0.4 is 10.1 Å². The highest BCUT2D eigenvalue weighted by Gasteiger charge is 2.12. The van der Waals surface area contributed by atoms with E-state index >= 15 is 0 Å². The molecule has 138 valence electrons. The van der Waals surface area contributed by atoms with Gasteiger partial charge in [0.15, 0.2) is 6.61 Å². The summed E-state index contributed by atoms with van der Waals surface area (Å²) < 4.78 is 10.2. The van der Waals surface area contributed by atoms with Crippen LogP contribution in [0, 0.1) is 0 Å². The molecule has 0 unspecified atom stereocenters. The van der Waals surface area contributed by atoms with Crippen LogP contribution in [0.2, 0.25) is 0 Å². The Bertz CT molecular complexity index is 967. The second-order valence-corrected chi connectivity index (χ2v) is 6.20. The molecule has 3 rings (SSSR count). The van der Waals surface area contributed by atoms with E-state index in [1.54, 1.807) is 24.3 Å². The van der Waals surface area contributed by atoms with Gasteiger partial charge in [-0.25, -0.2) is 4.79 Å². The van der Waals surface area contributed by atoms with Crippen LogP contribution in [0.15, 0.2) is 66.7 Å². The Balaban J connectivity index is 1.59. The number of hydrogen-bond donors (Lipinski definition) is 1. The number of carbonyl (C=O) groups excluding carboxylic acids is 2. The summed E-state index contributed by atoms with van der Waals surface area (Å²) in [5.74, 6) is -0.250. The number of methoxy groups -OCH3 is 1. The standard InChI is InChI=1S/C22H21NO4/c1-15(17-11-10-16-6-3-4-7-18(16)12-17)23-21(24)14-27-20-9-5-8-19(13-20)22(25)26-2/h3-13,15H,14H2,1-2H3,(H,23,24)/t15-/m1/s1. The molecule has 5 nitrogen and oxygen atoms in total. The number of benzene rings is 3. The third-order valence-electron chi connectivity index (χ3n) is 4.28. The number of carbonyl (C=O) groups is 2. The van der Waals surface area contributed by atoms with Crippen LogP contribution in [0.1, 0.15) is 28.9 Å². The highest BCUT2D eigenvalue weighted by molar-refractivity contribution is 5.89. The molecule has 0 aliphatic heterocycles. The Labute approximate surface area is 157 Å². The molecule has 27 heavy (non-hydrogen) atoms. The predicted molar refractivity (Wildman–Crippen MR) is 104 cm³/mol. The molecule has 0 saturated carbocycles. The molecule has 0 heterocycles. The van der Waals surface area contributed by atoms with Crippen molar-refractivity contribution in [2.24, 2.45) is 0 Å². The van der Waals surface area contributed by atoms with Gasteiger partial charge in [0.1, 0.15) is 5.75 Å². The van der Waals surface area contributed by atoms with Gasteiger partial charge in [0.2, 0.25) is 0 Å². The van der Waals surface area contributed by atoms with Gasteiger partial charge in [-0.1, -0.05) is 42.5 Å². The Kier molecular flexibility index (Phi) is 5.71. The average Bonchev–Trinajstić information content (AvgIpc) is 2.71. The zero-order valence-electron chi connectivity index (χ0n) is 15.3. The quantitative estimate of drug-likeness (QED) is 0.675. The predicted octanol–water partition coefficient (Wildman–Crippen LogP) is 3.88. The van der Waals surface area contributed by atoms with E-state index in [0.29, 0.717) is 11.3 Å². The van der Waals surface area contributed by atoms with Gasteiger partial charge in [0.25, 0.3) is 5.91 Å². The van der Waals surface area contributed by atoms with Crippen molar-refractivity contribution in [2.75, 3.05) is 13.7 Å². The minimum atomic E-state index is -0.449. The Morgan fingerprint density at radius 1 is 0.963 bits per heavy atom. The number of nitrogens with one attached hydrogen (secondary N) is 1. The van der Waals surface area contributed by atoms with Crippen molar-refractivity contribution in [1.82, 2.24) is 5.32 Å². The highest BCUT2D eigenvalue weighted by Crippen LogP contribution is 2.20. The number of ether oxygens (including phenoxy) is 2. The average molecular weight is 363 g/mol. The van der Waals surface area contributed by atoms with Gasteiger partial charge < -0.3 is 14.8 Å². The van der Waals surface area contributed by atoms with E-state index in [9.17, 15) is 9.59 Å². The fourth-order valence-electron chi connectivity index (χ4n) is 2.82. The lowest BCUT2D eigenvalue weighted by Gasteiger charge is -2.15. The topological polar surface area (TPSA) is 64.6 Å². The van der Waals surface area contributed by atoms with Crippen LogP contribution in [0.5, 0.6) is 5.75 Å². The maximum atomic E-state index is 12.2. The fraction of sp³-hybridized carbons (Fsp3) is 0.182. The summed E-state index contributed by atoms with van der Waals surface area (Å²) in [5.41, 5.74) is 1.40. The third kappa shape index (κ3) is 4.64. The van der Waals surface area contributed by atoms with Gasteiger partial charge in [0, 0.05) is 0 Å². The van der Waals surface area contributed by atoms with Crippen LogP contribution in [-0.4, -0.2) is 25.6 Å². The zero-order chi connectivity index (χ0) is 19.2. The zero-order valence-corrected chi connectivity index (χ0v) is 15.3. The molecule has 5 heteroatoms. The molecule has 1 atom stereocenters. The van der Waals surface area contributed by atoms with Crippen LogP contribution in [0.4, 0.5) is 0 Å². The lowest BCUT2D eigenvalue weighted by molar-refractivity contribution is -0.123. The normalized spacial score (nSPS) is 11.6. The first-order valence-corrected chi connectivity index (χ1v) is 8.66. The molecule has 0 aliphatic rings. The van der Waals surface area contributed by atoms with Gasteiger partial charge >= 0.3 is 5.97 Å². The summed E-state index contributed by atoms with van der Waals surface area (Å²) in [6.07, 6.45) is 0. The smallest absolute Gasteiger partial charge is 0.337 e.